The maximum atomic E-state index is 9.09. The number of hydrogen-bond donors (Lipinski definition) is 1. The zero-order chi connectivity index (χ0) is 21.3. The molecule has 0 fully saturated rings. The molecule has 0 radical (unpaired) electrons. The second-order valence-corrected chi connectivity index (χ2v) is 9.28. The average molecular weight is 412 g/mol. The van der Waals surface area contributed by atoms with Crippen LogP contribution in [0.5, 0.6) is 0 Å². The van der Waals surface area contributed by atoms with Crippen LogP contribution in [-0.2, 0) is 0 Å². The van der Waals surface area contributed by atoms with E-state index < -0.39 is 0 Å². The number of nitrogens with zero attached hydrogens (tertiary/aromatic N) is 1. The summed E-state index contributed by atoms with van der Waals surface area (Å²) in [4.78, 5) is 2.41. The predicted molar refractivity (Wildman–Crippen MR) is 132 cm³/mol. The van der Waals surface area contributed by atoms with Gasteiger partial charge in [0.15, 0.2) is 0 Å². The van der Waals surface area contributed by atoms with E-state index in [1.165, 1.54) is 141 Å². The molecule has 0 aromatic rings. The lowest BCUT2D eigenvalue weighted by molar-refractivity contribution is 0.193. The van der Waals surface area contributed by atoms with Crippen molar-refractivity contribution < 1.29 is 5.11 Å². The van der Waals surface area contributed by atoms with Crippen LogP contribution in [0.15, 0.2) is 0 Å². The van der Waals surface area contributed by atoms with Gasteiger partial charge in [-0.25, -0.2) is 0 Å². The van der Waals surface area contributed by atoms with Crippen molar-refractivity contribution in [2.24, 2.45) is 0 Å². The van der Waals surface area contributed by atoms with E-state index in [1.807, 2.05) is 0 Å². The minimum absolute atomic E-state index is 0.305. The van der Waals surface area contributed by atoms with Gasteiger partial charge < -0.3 is 10.0 Å². The van der Waals surface area contributed by atoms with Gasteiger partial charge in [0.2, 0.25) is 0 Å². The van der Waals surface area contributed by atoms with Crippen molar-refractivity contribution in [1.82, 2.24) is 4.90 Å². The van der Waals surface area contributed by atoms with Crippen LogP contribution >= 0.6 is 0 Å². The molecule has 0 atom stereocenters. The van der Waals surface area contributed by atoms with E-state index in [4.69, 9.17) is 5.11 Å². The van der Waals surface area contributed by atoms with Gasteiger partial charge in [0, 0.05) is 6.54 Å². The Kier molecular flexibility index (Phi) is 25.9. The Morgan fingerprint density at radius 1 is 0.379 bits per heavy atom. The highest BCUT2D eigenvalue weighted by Crippen LogP contribution is 2.14. The highest BCUT2D eigenvalue weighted by atomic mass is 16.3. The van der Waals surface area contributed by atoms with Crippen molar-refractivity contribution in [3.05, 3.63) is 0 Å². The van der Waals surface area contributed by atoms with Crippen molar-refractivity contribution in [2.45, 2.75) is 149 Å². The molecule has 0 aromatic heterocycles. The quantitative estimate of drug-likeness (QED) is 0.152. The molecule has 0 heterocycles. The van der Waals surface area contributed by atoms with E-state index in [1.54, 1.807) is 0 Å². The molecular formula is C27H57NO. The smallest absolute Gasteiger partial charge is 0.0558 e. The summed E-state index contributed by atoms with van der Waals surface area (Å²) in [6, 6.07) is 0. The zero-order valence-electron chi connectivity index (χ0n) is 20.6. The normalized spacial score (nSPS) is 11.6. The van der Waals surface area contributed by atoms with Gasteiger partial charge in [0.1, 0.15) is 0 Å². The Balaban J connectivity index is 3.11. The highest BCUT2D eigenvalue weighted by molar-refractivity contribution is 4.57. The molecule has 1 N–H and O–H groups in total. The molecular weight excluding hydrogens is 354 g/mol. The maximum Gasteiger partial charge on any atom is 0.0558 e. The first-order valence-corrected chi connectivity index (χ1v) is 13.7. The van der Waals surface area contributed by atoms with Crippen molar-refractivity contribution in [3.8, 4) is 0 Å². The summed E-state index contributed by atoms with van der Waals surface area (Å²) in [5, 5.41) is 9.09. The molecule has 0 aromatic carbocycles. The van der Waals surface area contributed by atoms with Gasteiger partial charge in [-0.15, -0.1) is 0 Å². The van der Waals surface area contributed by atoms with E-state index in [0.717, 1.165) is 13.1 Å². The number of aliphatic hydroxyl groups excluding tert-OH is 1. The molecule has 0 aliphatic rings. The fraction of sp³-hybridized carbons (Fsp3) is 1.00. The van der Waals surface area contributed by atoms with E-state index >= 15 is 0 Å². The van der Waals surface area contributed by atoms with Gasteiger partial charge in [-0.1, -0.05) is 136 Å². The number of aliphatic hydroxyl groups is 1. The Bertz CT molecular complexity index is 276. The summed E-state index contributed by atoms with van der Waals surface area (Å²) >= 11 is 0. The van der Waals surface area contributed by atoms with Gasteiger partial charge in [-0.05, 0) is 25.9 Å². The summed E-state index contributed by atoms with van der Waals surface area (Å²) in [5.41, 5.74) is 0. The first-order valence-electron chi connectivity index (χ1n) is 13.7. The van der Waals surface area contributed by atoms with Crippen LogP contribution in [0, 0.1) is 0 Å². The first kappa shape index (κ1) is 28.9. The molecule has 2 nitrogen and oxygen atoms in total. The van der Waals surface area contributed by atoms with Crippen molar-refractivity contribution in [3.63, 3.8) is 0 Å². The van der Waals surface area contributed by atoms with Crippen LogP contribution in [0.1, 0.15) is 149 Å². The Morgan fingerprint density at radius 3 is 1.03 bits per heavy atom. The highest BCUT2D eigenvalue weighted by Gasteiger charge is 2.02. The van der Waals surface area contributed by atoms with E-state index in [-0.39, 0.29) is 0 Å². The molecule has 0 amide bonds. The van der Waals surface area contributed by atoms with Crippen LogP contribution in [-0.4, -0.2) is 36.2 Å². The zero-order valence-corrected chi connectivity index (χ0v) is 20.6. The van der Waals surface area contributed by atoms with Gasteiger partial charge in [-0.3, -0.25) is 0 Å². The summed E-state index contributed by atoms with van der Waals surface area (Å²) in [6.07, 6.45) is 30.0. The third-order valence-electron chi connectivity index (χ3n) is 6.28. The molecule has 0 aliphatic heterocycles. The molecule has 0 saturated carbocycles. The van der Waals surface area contributed by atoms with Gasteiger partial charge in [0.25, 0.3) is 0 Å². The summed E-state index contributed by atoms with van der Waals surface area (Å²) in [6.45, 7) is 7.99. The second kappa shape index (κ2) is 26.0. The fourth-order valence-corrected chi connectivity index (χ4v) is 4.38. The van der Waals surface area contributed by atoms with Crippen LogP contribution in [0.2, 0.25) is 0 Å². The largest absolute Gasteiger partial charge is 0.395 e. The molecule has 0 unspecified atom stereocenters. The Morgan fingerprint density at radius 2 is 0.724 bits per heavy atom. The summed E-state index contributed by atoms with van der Waals surface area (Å²) in [5.74, 6) is 0. The topological polar surface area (TPSA) is 23.5 Å². The van der Waals surface area contributed by atoms with E-state index in [9.17, 15) is 0 Å². The SMILES string of the molecule is CCCCCCCCCCCCCCCCCCCCCCN(CCC)CCO. The molecule has 0 rings (SSSR count). The lowest BCUT2D eigenvalue weighted by atomic mass is 10.0. The Hall–Kier alpha value is -0.0800. The van der Waals surface area contributed by atoms with Gasteiger partial charge in [0.05, 0.1) is 6.61 Å². The molecule has 0 saturated heterocycles. The third kappa shape index (κ3) is 24.1. The first-order chi connectivity index (χ1) is 14.3. The summed E-state index contributed by atoms with van der Waals surface area (Å²) < 4.78 is 0. The molecule has 2 heteroatoms. The number of hydrogen-bond acceptors (Lipinski definition) is 2. The predicted octanol–water partition coefficient (Wildman–Crippen LogP) is 8.51. The minimum atomic E-state index is 0.305. The lowest BCUT2D eigenvalue weighted by Gasteiger charge is -2.20. The second-order valence-electron chi connectivity index (χ2n) is 9.28. The van der Waals surface area contributed by atoms with Crippen LogP contribution in [0.4, 0.5) is 0 Å². The molecule has 0 aliphatic carbocycles. The lowest BCUT2D eigenvalue weighted by Crippen LogP contribution is -2.28. The average Bonchev–Trinajstić information content (AvgIpc) is 2.72. The monoisotopic (exact) mass is 411 g/mol. The standard InChI is InChI=1S/C27H57NO/c1-3-5-6-7-8-9-10-11-12-13-14-15-16-17-18-19-20-21-22-23-25-28(24-4-2)26-27-29/h29H,3-27H2,1-2H3. The van der Waals surface area contributed by atoms with Crippen LogP contribution in [0.25, 0.3) is 0 Å². The minimum Gasteiger partial charge on any atom is -0.395 e. The van der Waals surface area contributed by atoms with Crippen molar-refractivity contribution in [2.75, 3.05) is 26.2 Å². The van der Waals surface area contributed by atoms with Gasteiger partial charge in [-0.2, -0.15) is 0 Å². The molecule has 0 bridgehead atoms. The van der Waals surface area contributed by atoms with Crippen LogP contribution in [0.3, 0.4) is 0 Å². The van der Waals surface area contributed by atoms with Gasteiger partial charge >= 0.3 is 0 Å². The number of rotatable bonds is 25. The molecule has 0 spiro atoms. The Labute approximate surface area is 185 Å². The van der Waals surface area contributed by atoms with Crippen LogP contribution < -0.4 is 0 Å². The summed E-state index contributed by atoms with van der Waals surface area (Å²) in [7, 11) is 0. The van der Waals surface area contributed by atoms with Crippen molar-refractivity contribution in [1.29, 1.82) is 0 Å². The fourth-order valence-electron chi connectivity index (χ4n) is 4.38. The number of unbranched alkanes of at least 4 members (excludes halogenated alkanes) is 19. The third-order valence-corrected chi connectivity index (χ3v) is 6.28. The maximum absolute atomic E-state index is 9.09. The molecule has 29 heavy (non-hydrogen) atoms. The molecule has 176 valence electrons. The van der Waals surface area contributed by atoms with E-state index in [2.05, 4.69) is 18.7 Å². The van der Waals surface area contributed by atoms with E-state index in [0.29, 0.717) is 6.61 Å². The van der Waals surface area contributed by atoms with Crippen molar-refractivity contribution >= 4 is 0 Å².